The van der Waals surface area contributed by atoms with Crippen LogP contribution in [0.4, 0.5) is 11.4 Å². The van der Waals surface area contributed by atoms with E-state index in [9.17, 15) is 9.59 Å². The zero-order chi connectivity index (χ0) is 18.1. The van der Waals surface area contributed by atoms with E-state index in [1.54, 1.807) is 10.7 Å². The SMILES string of the molecule is Nc1cccc2c1CCCN2C(=O)CCn1ncc(=O)c2ccccc21. The third kappa shape index (κ3) is 2.83. The van der Waals surface area contributed by atoms with Crippen LogP contribution >= 0.6 is 0 Å². The monoisotopic (exact) mass is 348 g/mol. The normalized spacial score (nSPS) is 13.6. The van der Waals surface area contributed by atoms with Crippen LogP contribution < -0.4 is 16.1 Å². The van der Waals surface area contributed by atoms with E-state index in [2.05, 4.69) is 5.10 Å². The second-order valence-electron chi connectivity index (χ2n) is 6.49. The molecule has 6 nitrogen and oxygen atoms in total. The number of rotatable bonds is 3. The number of aromatic nitrogens is 2. The highest BCUT2D eigenvalue weighted by Crippen LogP contribution is 2.31. The number of benzene rings is 2. The van der Waals surface area contributed by atoms with Crippen molar-refractivity contribution in [3.8, 4) is 0 Å². The molecule has 1 amide bonds. The largest absolute Gasteiger partial charge is 0.398 e. The molecule has 0 atom stereocenters. The van der Waals surface area contributed by atoms with Gasteiger partial charge in [0.1, 0.15) is 0 Å². The molecule has 3 aromatic rings. The van der Waals surface area contributed by atoms with Gasteiger partial charge < -0.3 is 10.6 Å². The summed E-state index contributed by atoms with van der Waals surface area (Å²) in [5, 5.41) is 4.81. The van der Waals surface area contributed by atoms with E-state index < -0.39 is 0 Å². The van der Waals surface area contributed by atoms with Crippen LogP contribution in [0.3, 0.4) is 0 Å². The molecule has 0 unspecified atom stereocenters. The number of hydrogen-bond donors (Lipinski definition) is 1. The summed E-state index contributed by atoms with van der Waals surface area (Å²) < 4.78 is 1.72. The van der Waals surface area contributed by atoms with E-state index in [1.807, 2.05) is 41.3 Å². The molecule has 1 aromatic heterocycles. The van der Waals surface area contributed by atoms with Gasteiger partial charge in [0.05, 0.1) is 18.3 Å². The lowest BCUT2D eigenvalue weighted by Gasteiger charge is -2.30. The maximum Gasteiger partial charge on any atom is 0.228 e. The van der Waals surface area contributed by atoms with Crippen molar-refractivity contribution in [1.29, 1.82) is 0 Å². The Kier molecular flexibility index (Phi) is 4.16. The Balaban J connectivity index is 1.57. The van der Waals surface area contributed by atoms with Crippen LogP contribution in [-0.2, 0) is 17.8 Å². The van der Waals surface area contributed by atoms with E-state index in [0.29, 0.717) is 24.9 Å². The van der Waals surface area contributed by atoms with Gasteiger partial charge >= 0.3 is 0 Å². The number of nitrogens with zero attached hydrogens (tertiary/aromatic N) is 3. The van der Waals surface area contributed by atoms with Crippen LogP contribution in [0.25, 0.3) is 10.9 Å². The summed E-state index contributed by atoms with van der Waals surface area (Å²) >= 11 is 0. The zero-order valence-electron chi connectivity index (χ0n) is 14.4. The second kappa shape index (κ2) is 6.63. The fraction of sp³-hybridized carbons (Fsp3) is 0.250. The lowest BCUT2D eigenvalue weighted by atomic mass is 9.99. The molecule has 0 radical (unpaired) electrons. The van der Waals surface area contributed by atoms with Gasteiger partial charge in [-0.1, -0.05) is 18.2 Å². The van der Waals surface area contributed by atoms with Crippen LogP contribution in [0.5, 0.6) is 0 Å². The summed E-state index contributed by atoms with van der Waals surface area (Å²) in [4.78, 5) is 26.6. The highest BCUT2D eigenvalue weighted by atomic mass is 16.2. The van der Waals surface area contributed by atoms with Gasteiger partial charge in [0, 0.05) is 29.7 Å². The Labute approximate surface area is 150 Å². The maximum atomic E-state index is 12.8. The smallest absolute Gasteiger partial charge is 0.228 e. The summed E-state index contributed by atoms with van der Waals surface area (Å²) in [6, 6.07) is 13.0. The van der Waals surface area contributed by atoms with Gasteiger partial charge in [-0.3, -0.25) is 14.3 Å². The van der Waals surface area contributed by atoms with E-state index in [1.165, 1.54) is 6.20 Å². The second-order valence-corrected chi connectivity index (χ2v) is 6.49. The summed E-state index contributed by atoms with van der Waals surface area (Å²) in [6.45, 7) is 1.13. The first-order valence-electron chi connectivity index (χ1n) is 8.78. The van der Waals surface area contributed by atoms with E-state index in [4.69, 9.17) is 5.73 Å². The molecule has 4 rings (SSSR count). The predicted octanol–water partition coefficient (Wildman–Crippen LogP) is 2.35. The van der Waals surface area contributed by atoms with Crippen LogP contribution in [0.1, 0.15) is 18.4 Å². The van der Waals surface area contributed by atoms with Crippen LogP contribution in [0.2, 0.25) is 0 Å². The average Bonchev–Trinajstić information content (AvgIpc) is 2.67. The van der Waals surface area contributed by atoms with Crippen molar-refractivity contribution < 1.29 is 4.79 Å². The molecule has 0 spiro atoms. The van der Waals surface area contributed by atoms with Crippen molar-refractivity contribution in [3.05, 3.63) is 64.4 Å². The fourth-order valence-electron chi connectivity index (χ4n) is 3.59. The van der Waals surface area contributed by atoms with Gasteiger partial charge in [-0.25, -0.2) is 0 Å². The van der Waals surface area contributed by atoms with Crippen LogP contribution in [-0.4, -0.2) is 22.2 Å². The van der Waals surface area contributed by atoms with Crippen molar-refractivity contribution >= 4 is 28.2 Å². The third-order valence-electron chi connectivity index (χ3n) is 4.89. The summed E-state index contributed by atoms with van der Waals surface area (Å²) in [5.74, 6) is 0.0427. The molecule has 0 bridgehead atoms. The van der Waals surface area contributed by atoms with Gasteiger partial charge in [-0.15, -0.1) is 0 Å². The van der Waals surface area contributed by atoms with Crippen molar-refractivity contribution in [2.45, 2.75) is 25.8 Å². The molecule has 132 valence electrons. The Bertz CT molecular complexity index is 1040. The lowest BCUT2D eigenvalue weighted by Crippen LogP contribution is -2.36. The fourth-order valence-corrected chi connectivity index (χ4v) is 3.59. The number of para-hydroxylation sites is 1. The molecule has 2 heterocycles. The first kappa shape index (κ1) is 16.3. The molecule has 1 aliphatic rings. The molecule has 1 aliphatic heterocycles. The van der Waals surface area contributed by atoms with Crippen molar-refractivity contribution in [1.82, 2.24) is 9.78 Å². The molecule has 26 heavy (non-hydrogen) atoms. The summed E-state index contributed by atoms with van der Waals surface area (Å²) in [6.07, 6.45) is 3.43. The molecule has 0 saturated heterocycles. The number of nitrogens with two attached hydrogens (primary N) is 1. The quantitative estimate of drug-likeness (QED) is 0.737. The Morgan fingerprint density at radius 3 is 2.88 bits per heavy atom. The average molecular weight is 348 g/mol. The summed E-state index contributed by atoms with van der Waals surface area (Å²) in [5.41, 5.74) is 9.42. The highest BCUT2D eigenvalue weighted by Gasteiger charge is 2.23. The van der Waals surface area contributed by atoms with Gasteiger partial charge in [0.25, 0.3) is 0 Å². The Morgan fingerprint density at radius 2 is 2.00 bits per heavy atom. The topological polar surface area (TPSA) is 81.2 Å². The molecule has 0 saturated carbocycles. The highest BCUT2D eigenvalue weighted by molar-refractivity contribution is 5.95. The third-order valence-corrected chi connectivity index (χ3v) is 4.89. The Morgan fingerprint density at radius 1 is 1.15 bits per heavy atom. The molecular formula is C20H20N4O2. The van der Waals surface area contributed by atoms with Crippen molar-refractivity contribution in [3.63, 3.8) is 0 Å². The molecular weight excluding hydrogens is 328 g/mol. The molecule has 2 aromatic carbocycles. The van der Waals surface area contributed by atoms with E-state index >= 15 is 0 Å². The number of fused-ring (bicyclic) bond motifs is 2. The number of aryl methyl sites for hydroxylation is 1. The number of nitrogen functional groups attached to an aromatic ring is 1. The van der Waals surface area contributed by atoms with E-state index in [-0.39, 0.29) is 11.3 Å². The standard InChI is InChI=1S/C20H20N4O2/c21-16-7-3-9-17-14(16)6-4-11-23(17)20(26)10-12-24-18-8-2-1-5-15(18)19(25)13-22-24/h1-3,5,7-9,13H,4,6,10-12,21H2. The minimum atomic E-state index is -0.108. The van der Waals surface area contributed by atoms with Crippen molar-refractivity contribution in [2.24, 2.45) is 0 Å². The van der Waals surface area contributed by atoms with Gasteiger partial charge in [0.2, 0.25) is 11.3 Å². The molecule has 6 heteroatoms. The van der Waals surface area contributed by atoms with Gasteiger partial charge in [-0.2, -0.15) is 5.10 Å². The number of amides is 1. The minimum absolute atomic E-state index is 0.0427. The van der Waals surface area contributed by atoms with Crippen molar-refractivity contribution in [2.75, 3.05) is 17.2 Å². The van der Waals surface area contributed by atoms with Crippen LogP contribution in [0.15, 0.2) is 53.5 Å². The number of hydrogen-bond acceptors (Lipinski definition) is 4. The number of carbonyl (C=O) groups excluding carboxylic acids is 1. The number of carbonyl (C=O) groups is 1. The van der Waals surface area contributed by atoms with Gasteiger partial charge in [-0.05, 0) is 42.7 Å². The zero-order valence-corrected chi connectivity index (χ0v) is 14.4. The molecule has 2 N–H and O–H groups in total. The predicted molar refractivity (Wildman–Crippen MR) is 102 cm³/mol. The summed E-state index contributed by atoms with van der Waals surface area (Å²) in [7, 11) is 0. The molecule has 0 aliphatic carbocycles. The Hall–Kier alpha value is -3.15. The van der Waals surface area contributed by atoms with E-state index in [0.717, 1.165) is 35.3 Å². The first-order chi connectivity index (χ1) is 12.6. The lowest BCUT2D eigenvalue weighted by molar-refractivity contribution is -0.118. The maximum absolute atomic E-state index is 12.8. The van der Waals surface area contributed by atoms with Crippen LogP contribution in [0, 0.1) is 0 Å². The molecule has 0 fully saturated rings. The first-order valence-corrected chi connectivity index (χ1v) is 8.78. The minimum Gasteiger partial charge on any atom is -0.398 e. The number of anilines is 2. The van der Waals surface area contributed by atoms with Gasteiger partial charge in [0.15, 0.2) is 0 Å².